The Kier molecular flexibility index (Phi) is 3.20. The van der Waals surface area contributed by atoms with Gasteiger partial charge in [0.05, 0.1) is 5.41 Å². The monoisotopic (exact) mass is 282 g/mol. The number of benzene rings is 2. The van der Waals surface area contributed by atoms with E-state index in [0.29, 0.717) is 6.42 Å². The number of carbonyl (C=O) groups is 1. The van der Waals surface area contributed by atoms with Crippen molar-refractivity contribution in [1.82, 2.24) is 0 Å². The first-order chi connectivity index (χ1) is 9.97. The zero-order valence-electron chi connectivity index (χ0n) is 12.2. The second kappa shape index (κ2) is 4.92. The molecule has 0 bridgehead atoms. The van der Waals surface area contributed by atoms with Crippen LogP contribution in [0.3, 0.4) is 0 Å². The molecule has 0 fully saturated rings. The molecule has 0 saturated heterocycles. The Labute approximate surface area is 123 Å². The highest BCUT2D eigenvalue weighted by Gasteiger charge is 2.26. The van der Waals surface area contributed by atoms with Gasteiger partial charge >= 0.3 is 5.97 Å². The van der Waals surface area contributed by atoms with E-state index in [1.165, 1.54) is 0 Å². The van der Waals surface area contributed by atoms with Gasteiger partial charge in [0.2, 0.25) is 0 Å². The van der Waals surface area contributed by atoms with E-state index >= 15 is 0 Å². The predicted octanol–water partition coefficient (Wildman–Crippen LogP) is 4.63. The minimum absolute atomic E-state index is 0.615. The lowest BCUT2D eigenvalue weighted by atomic mass is 9.86. The van der Waals surface area contributed by atoms with Crippen LogP contribution in [0.4, 0.5) is 0 Å². The van der Waals surface area contributed by atoms with Gasteiger partial charge in [0.25, 0.3) is 0 Å². The Balaban J connectivity index is 1.94. The molecule has 0 aliphatic heterocycles. The van der Waals surface area contributed by atoms with E-state index < -0.39 is 11.4 Å². The molecule has 0 aliphatic carbocycles. The van der Waals surface area contributed by atoms with E-state index in [9.17, 15) is 9.90 Å². The van der Waals surface area contributed by atoms with E-state index in [2.05, 4.69) is 6.07 Å². The predicted molar refractivity (Wildman–Crippen MR) is 83.5 cm³/mol. The maximum Gasteiger partial charge on any atom is 0.309 e. The van der Waals surface area contributed by atoms with E-state index in [0.717, 1.165) is 33.9 Å². The maximum absolute atomic E-state index is 11.2. The summed E-state index contributed by atoms with van der Waals surface area (Å²) in [5.74, 6) is -0.752. The Morgan fingerprint density at radius 2 is 1.81 bits per heavy atom. The summed E-state index contributed by atoms with van der Waals surface area (Å²) in [6.45, 7) is 3.53. The SMILES string of the molecule is CC(C)(CCc1ccc2oc3ccccc3c2c1)C(=O)O. The molecular formula is C18H18O3. The molecule has 21 heavy (non-hydrogen) atoms. The molecule has 3 heteroatoms. The van der Waals surface area contributed by atoms with Crippen LogP contribution in [0.15, 0.2) is 46.9 Å². The second-order valence-corrected chi connectivity index (χ2v) is 6.12. The molecule has 3 rings (SSSR count). The Morgan fingerprint density at radius 1 is 1.10 bits per heavy atom. The molecule has 0 amide bonds. The maximum atomic E-state index is 11.2. The summed E-state index contributed by atoms with van der Waals surface area (Å²) in [6.07, 6.45) is 1.36. The van der Waals surface area contributed by atoms with Crippen LogP contribution < -0.4 is 0 Å². The third-order valence-electron chi connectivity index (χ3n) is 4.06. The van der Waals surface area contributed by atoms with Gasteiger partial charge in [0.15, 0.2) is 0 Å². The number of carboxylic acid groups (broad SMARTS) is 1. The molecule has 1 heterocycles. The summed E-state index contributed by atoms with van der Waals surface area (Å²) in [5, 5.41) is 11.4. The van der Waals surface area contributed by atoms with Crippen LogP contribution in [-0.2, 0) is 11.2 Å². The molecule has 108 valence electrons. The van der Waals surface area contributed by atoms with Crippen molar-refractivity contribution in [3.8, 4) is 0 Å². The van der Waals surface area contributed by atoms with Crippen molar-refractivity contribution in [3.63, 3.8) is 0 Å². The van der Waals surface area contributed by atoms with Crippen molar-refractivity contribution in [1.29, 1.82) is 0 Å². The van der Waals surface area contributed by atoms with Crippen molar-refractivity contribution in [2.24, 2.45) is 5.41 Å². The fourth-order valence-corrected chi connectivity index (χ4v) is 2.49. The molecule has 0 unspecified atom stereocenters. The van der Waals surface area contributed by atoms with Gasteiger partial charge in [0, 0.05) is 10.8 Å². The van der Waals surface area contributed by atoms with Crippen molar-refractivity contribution in [2.45, 2.75) is 26.7 Å². The fraction of sp³-hybridized carbons (Fsp3) is 0.278. The number of furan rings is 1. The highest BCUT2D eigenvalue weighted by molar-refractivity contribution is 6.04. The Hall–Kier alpha value is -2.29. The van der Waals surface area contributed by atoms with Gasteiger partial charge in [-0.1, -0.05) is 24.3 Å². The number of carboxylic acids is 1. The van der Waals surface area contributed by atoms with Crippen LogP contribution in [-0.4, -0.2) is 11.1 Å². The van der Waals surface area contributed by atoms with E-state index in [-0.39, 0.29) is 0 Å². The van der Waals surface area contributed by atoms with Crippen LogP contribution in [0.5, 0.6) is 0 Å². The minimum Gasteiger partial charge on any atom is -0.481 e. The minimum atomic E-state index is -0.752. The molecule has 0 spiro atoms. The van der Waals surface area contributed by atoms with Gasteiger partial charge in [-0.15, -0.1) is 0 Å². The van der Waals surface area contributed by atoms with Crippen LogP contribution in [0, 0.1) is 5.41 Å². The van der Waals surface area contributed by atoms with Crippen LogP contribution in [0.2, 0.25) is 0 Å². The van der Waals surface area contributed by atoms with Gasteiger partial charge in [0.1, 0.15) is 11.2 Å². The highest BCUT2D eigenvalue weighted by atomic mass is 16.4. The standard InChI is InChI=1S/C18H18O3/c1-18(2,17(19)20)10-9-12-7-8-16-14(11-12)13-5-3-4-6-15(13)21-16/h3-8,11H,9-10H2,1-2H3,(H,19,20). The number of aliphatic carboxylic acids is 1. The average Bonchev–Trinajstić information content (AvgIpc) is 2.83. The van der Waals surface area contributed by atoms with Crippen LogP contribution in [0.1, 0.15) is 25.8 Å². The van der Waals surface area contributed by atoms with Crippen LogP contribution >= 0.6 is 0 Å². The highest BCUT2D eigenvalue weighted by Crippen LogP contribution is 2.30. The fourth-order valence-electron chi connectivity index (χ4n) is 2.49. The number of fused-ring (bicyclic) bond motifs is 3. The zero-order valence-corrected chi connectivity index (χ0v) is 12.2. The number of aryl methyl sites for hydroxylation is 1. The number of rotatable bonds is 4. The van der Waals surface area contributed by atoms with Gasteiger partial charge < -0.3 is 9.52 Å². The third kappa shape index (κ3) is 2.51. The van der Waals surface area contributed by atoms with Crippen molar-refractivity contribution in [3.05, 3.63) is 48.0 Å². The first-order valence-corrected chi connectivity index (χ1v) is 7.11. The van der Waals surface area contributed by atoms with E-state index in [4.69, 9.17) is 4.42 Å². The second-order valence-electron chi connectivity index (χ2n) is 6.12. The third-order valence-corrected chi connectivity index (χ3v) is 4.06. The molecule has 1 aromatic heterocycles. The summed E-state index contributed by atoms with van der Waals surface area (Å²) >= 11 is 0. The smallest absolute Gasteiger partial charge is 0.309 e. The number of hydrogen-bond donors (Lipinski definition) is 1. The summed E-state index contributed by atoms with van der Waals surface area (Å²) in [7, 11) is 0. The van der Waals surface area contributed by atoms with Crippen molar-refractivity contribution >= 4 is 27.9 Å². The zero-order chi connectivity index (χ0) is 15.0. The topological polar surface area (TPSA) is 50.4 Å². The Morgan fingerprint density at radius 3 is 2.57 bits per heavy atom. The molecule has 3 nitrogen and oxygen atoms in total. The summed E-state index contributed by atoms with van der Waals surface area (Å²) < 4.78 is 5.80. The lowest BCUT2D eigenvalue weighted by molar-refractivity contribution is -0.147. The number of hydrogen-bond acceptors (Lipinski definition) is 2. The lowest BCUT2D eigenvalue weighted by Gasteiger charge is -2.18. The molecular weight excluding hydrogens is 264 g/mol. The normalized spacial score (nSPS) is 12.1. The quantitative estimate of drug-likeness (QED) is 0.759. The van der Waals surface area contributed by atoms with Crippen LogP contribution in [0.25, 0.3) is 21.9 Å². The van der Waals surface area contributed by atoms with E-state index in [1.54, 1.807) is 13.8 Å². The average molecular weight is 282 g/mol. The van der Waals surface area contributed by atoms with Crippen molar-refractivity contribution < 1.29 is 14.3 Å². The lowest BCUT2D eigenvalue weighted by Crippen LogP contribution is -2.24. The van der Waals surface area contributed by atoms with Gasteiger partial charge in [-0.2, -0.15) is 0 Å². The van der Waals surface area contributed by atoms with Gasteiger partial charge in [-0.25, -0.2) is 0 Å². The molecule has 0 aliphatic rings. The molecule has 3 aromatic rings. The summed E-state index contributed by atoms with van der Waals surface area (Å²) in [5.41, 5.74) is 2.20. The Bertz CT molecular complexity index is 812. The molecule has 0 atom stereocenters. The first kappa shape index (κ1) is 13.7. The first-order valence-electron chi connectivity index (χ1n) is 7.11. The molecule has 1 N–H and O–H groups in total. The van der Waals surface area contributed by atoms with Crippen molar-refractivity contribution in [2.75, 3.05) is 0 Å². The summed E-state index contributed by atoms with van der Waals surface area (Å²) in [4.78, 5) is 11.2. The van der Waals surface area contributed by atoms with Gasteiger partial charge in [-0.05, 0) is 50.5 Å². The van der Waals surface area contributed by atoms with E-state index in [1.807, 2.05) is 36.4 Å². The number of para-hydroxylation sites is 1. The summed E-state index contributed by atoms with van der Waals surface area (Å²) in [6, 6.07) is 14.1. The largest absolute Gasteiger partial charge is 0.481 e. The molecule has 2 aromatic carbocycles. The van der Waals surface area contributed by atoms with Gasteiger partial charge in [-0.3, -0.25) is 4.79 Å². The molecule has 0 saturated carbocycles. The molecule has 0 radical (unpaired) electrons.